The molecule has 26 heavy (non-hydrogen) atoms. The largest absolute Gasteiger partial charge is 0.495 e. The van der Waals surface area contributed by atoms with E-state index in [0.29, 0.717) is 36.6 Å². The summed E-state index contributed by atoms with van der Waals surface area (Å²) in [6, 6.07) is 15.1. The fourth-order valence-corrected chi connectivity index (χ4v) is 2.77. The minimum absolute atomic E-state index is 0.0928. The molecule has 0 spiro atoms. The van der Waals surface area contributed by atoms with Gasteiger partial charge in [-0.05, 0) is 29.8 Å². The monoisotopic (exact) mass is 415 g/mol. The first kappa shape index (κ1) is 18.1. The van der Waals surface area contributed by atoms with Crippen molar-refractivity contribution in [3.8, 4) is 17.1 Å². The standard InChI is InChI=1S/C18H18BrN5O2/c1-26-16-10-9-14(19)12-15(16)20-17(25)8-5-11-24-22-18(21-23-24)13-6-3-2-4-7-13/h2-4,6-7,9-10,12H,5,8,11H2,1H3,(H,20,25). The van der Waals surface area contributed by atoms with Crippen LogP contribution in [0, 0.1) is 0 Å². The predicted molar refractivity (Wildman–Crippen MR) is 102 cm³/mol. The van der Waals surface area contributed by atoms with Crippen molar-refractivity contribution >= 4 is 27.5 Å². The zero-order valence-electron chi connectivity index (χ0n) is 14.2. The van der Waals surface area contributed by atoms with Crippen molar-refractivity contribution in [1.29, 1.82) is 0 Å². The molecule has 0 fully saturated rings. The molecule has 0 atom stereocenters. The number of hydrogen-bond donors (Lipinski definition) is 1. The Morgan fingerprint density at radius 2 is 2.04 bits per heavy atom. The molecule has 0 saturated heterocycles. The van der Waals surface area contributed by atoms with E-state index in [-0.39, 0.29) is 5.91 Å². The van der Waals surface area contributed by atoms with Crippen LogP contribution >= 0.6 is 15.9 Å². The number of methoxy groups -OCH3 is 1. The number of nitrogens with one attached hydrogen (secondary N) is 1. The van der Waals surface area contributed by atoms with Crippen molar-refractivity contribution < 1.29 is 9.53 Å². The maximum Gasteiger partial charge on any atom is 0.224 e. The highest BCUT2D eigenvalue weighted by atomic mass is 79.9. The van der Waals surface area contributed by atoms with Crippen LogP contribution in [0.3, 0.4) is 0 Å². The Hall–Kier alpha value is -2.74. The molecule has 0 radical (unpaired) electrons. The molecule has 0 bridgehead atoms. The first-order valence-corrected chi connectivity index (χ1v) is 8.91. The van der Waals surface area contributed by atoms with Crippen molar-refractivity contribution in [2.45, 2.75) is 19.4 Å². The van der Waals surface area contributed by atoms with Crippen molar-refractivity contribution in [1.82, 2.24) is 20.2 Å². The Bertz CT molecular complexity index is 882. The van der Waals surface area contributed by atoms with Gasteiger partial charge in [0, 0.05) is 16.5 Å². The highest BCUT2D eigenvalue weighted by Gasteiger charge is 2.09. The first-order chi connectivity index (χ1) is 12.7. The highest BCUT2D eigenvalue weighted by Crippen LogP contribution is 2.28. The summed E-state index contributed by atoms with van der Waals surface area (Å²) in [5, 5.41) is 15.3. The van der Waals surface area contributed by atoms with Crippen molar-refractivity contribution in [2.24, 2.45) is 0 Å². The van der Waals surface area contributed by atoms with E-state index in [9.17, 15) is 4.79 Å². The van der Waals surface area contributed by atoms with Crippen molar-refractivity contribution in [3.05, 3.63) is 53.0 Å². The lowest BCUT2D eigenvalue weighted by molar-refractivity contribution is -0.116. The summed E-state index contributed by atoms with van der Waals surface area (Å²) in [4.78, 5) is 13.7. The van der Waals surface area contributed by atoms with Crippen LogP contribution in [0.15, 0.2) is 53.0 Å². The summed E-state index contributed by atoms with van der Waals surface area (Å²) in [5.41, 5.74) is 1.55. The maximum absolute atomic E-state index is 12.2. The van der Waals surface area contributed by atoms with E-state index in [0.717, 1.165) is 10.0 Å². The molecule has 3 aromatic rings. The van der Waals surface area contributed by atoms with Crippen LogP contribution in [0.4, 0.5) is 5.69 Å². The smallest absolute Gasteiger partial charge is 0.224 e. The van der Waals surface area contributed by atoms with Gasteiger partial charge in [-0.25, -0.2) is 0 Å². The summed E-state index contributed by atoms with van der Waals surface area (Å²) in [5.74, 6) is 1.10. The fraction of sp³-hybridized carbons (Fsp3) is 0.222. The van der Waals surface area contributed by atoms with E-state index in [1.807, 2.05) is 42.5 Å². The van der Waals surface area contributed by atoms with Crippen LogP contribution in [0.1, 0.15) is 12.8 Å². The number of nitrogens with zero attached hydrogens (tertiary/aromatic N) is 4. The molecule has 2 aromatic carbocycles. The Kier molecular flexibility index (Phi) is 5.96. The van der Waals surface area contributed by atoms with Crippen LogP contribution in [0.2, 0.25) is 0 Å². The number of carbonyl (C=O) groups excluding carboxylic acids is 1. The second-order valence-corrected chi connectivity index (χ2v) is 6.49. The lowest BCUT2D eigenvalue weighted by Gasteiger charge is -2.10. The normalized spacial score (nSPS) is 10.5. The maximum atomic E-state index is 12.2. The molecule has 134 valence electrons. The number of benzene rings is 2. The van der Waals surface area contributed by atoms with Gasteiger partial charge in [0.1, 0.15) is 5.75 Å². The van der Waals surface area contributed by atoms with Crippen molar-refractivity contribution in [2.75, 3.05) is 12.4 Å². The highest BCUT2D eigenvalue weighted by molar-refractivity contribution is 9.10. The lowest BCUT2D eigenvalue weighted by Crippen LogP contribution is -2.14. The molecule has 1 heterocycles. The van der Waals surface area contributed by atoms with Gasteiger partial charge < -0.3 is 10.1 Å². The lowest BCUT2D eigenvalue weighted by atomic mass is 10.2. The fourth-order valence-electron chi connectivity index (χ4n) is 2.41. The number of anilines is 1. The number of amides is 1. The number of tetrazole rings is 1. The van der Waals surface area contributed by atoms with Crippen LogP contribution < -0.4 is 10.1 Å². The first-order valence-electron chi connectivity index (χ1n) is 8.12. The van der Waals surface area contributed by atoms with E-state index >= 15 is 0 Å². The number of aryl methyl sites for hydroxylation is 1. The summed E-state index contributed by atoms with van der Waals surface area (Å²) in [6.07, 6.45) is 0.949. The number of hydrogen-bond acceptors (Lipinski definition) is 5. The topological polar surface area (TPSA) is 81.9 Å². The molecule has 0 unspecified atom stereocenters. The van der Waals surface area contributed by atoms with E-state index < -0.39 is 0 Å². The summed E-state index contributed by atoms with van der Waals surface area (Å²) in [7, 11) is 1.57. The van der Waals surface area contributed by atoms with Crippen LogP contribution in [0.25, 0.3) is 11.4 Å². The Morgan fingerprint density at radius 1 is 1.23 bits per heavy atom. The van der Waals surface area contributed by atoms with Gasteiger partial charge >= 0.3 is 0 Å². The van der Waals surface area contributed by atoms with Gasteiger partial charge in [0.2, 0.25) is 11.7 Å². The van der Waals surface area contributed by atoms with Gasteiger partial charge in [-0.3, -0.25) is 4.79 Å². The Labute approximate surface area is 159 Å². The van der Waals surface area contributed by atoms with Gasteiger partial charge in [0.05, 0.1) is 19.3 Å². The van der Waals surface area contributed by atoms with Gasteiger partial charge in [-0.2, -0.15) is 4.80 Å². The van der Waals surface area contributed by atoms with E-state index in [1.54, 1.807) is 13.2 Å². The molecule has 3 rings (SSSR count). The number of halogens is 1. The quantitative estimate of drug-likeness (QED) is 0.637. The number of aromatic nitrogens is 4. The van der Waals surface area contributed by atoms with E-state index in [4.69, 9.17) is 4.74 Å². The van der Waals surface area contributed by atoms with E-state index in [2.05, 4.69) is 36.7 Å². The Balaban J connectivity index is 1.52. The molecule has 8 heteroatoms. The molecule has 1 N–H and O–H groups in total. The molecule has 0 aliphatic heterocycles. The second kappa shape index (κ2) is 8.57. The molecule has 7 nitrogen and oxygen atoms in total. The van der Waals surface area contributed by atoms with Gasteiger partial charge in [-0.15, -0.1) is 10.2 Å². The summed E-state index contributed by atoms with van der Waals surface area (Å²) >= 11 is 3.39. The predicted octanol–water partition coefficient (Wildman–Crippen LogP) is 3.53. The van der Waals surface area contributed by atoms with Gasteiger partial charge in [0.25, 0.3) is 0 Å². The minimum Gasteiger partial charge on any atom is -0.495 e. The summed E-state index contributed by atoms with van der Waals surface area (Å²) in [6.45, 7) is 0.517. The van der Waals surface area contributed by atoms with Crippen molar-refractivity contribution in [3.63, 3.8) is 0 Å². The van der Waals surface area contributed by atoms with Gasteiger partial charge in [-0.1, -0.05) is 46.3 Å². The third-order valence-electron chi connectivity index (χ3n) is 3.68. The third kappa shape index (κ3) is 4.66. The molecule has 0 saturated carbocycles. The zero-order chi connectivity index (χ0) is 18.4. The third-order valence-corrected chi connectivity index (χ3v) is 4.18. The summed E-state index contributed by atoms with van der Waals surface area (Å²) < 4.78 is 6.12. The SMILES string of the molecule is COc1ccc(Br)cc1NC(=O)CCCn1nnc(-c2ccccc2)n1. The molecule has 0 aliphatic rings. The minimum atomic E-state index is -0.0928. The molecular formula is C18H18BrN5O2. The van der Waals surface area contributed by atoms with Crippen LogP contribution in [0.5, 0.6) is 5.75 Å². The molecule has 1 amide bonds. The van der Waals surface area contributed by atoms with E-state index in [1.165, 1.54) is 4.80 Å². The average molecular weight is 416 g/mol. The molecule has 1 aromatic heterocycles. The number of rotatable bonds is 7. The zero-order valence-corrected chi connectivity index (χ0v) is 15.8. The average Bonchev–Trinajstić information content (AvgIpc) is 3.11. The Morgan fingerprint density at radius 3 is 2.81 bits per heavy atom. The van der Waals surface area contributed by atoms with Crippen LogP contribution in [-0.2, 0) is 11.3 Å². The number of ether oxygens (including phenoxy) is 1. The molecule has 0 aliphatic carbocycles. The van der Waals surface area contributed by atoms with Crippen LogP contribution in [-0.4, -0.2) is 33.2 Å². The number of carbonyl (C=O) groups is 1. The van der Waals surface area contributed by atoms with Gasteiger partial charge in [0.15, 0.2) is 0 Å². The second-order valence-electron chi connectivity index (χ2n) is 5.57. The molecular weight excluding hydrogens is 398 g/mol.